The maximum atomic E-state index is 11.8. The SMILES string of the molecule is CC(C)(CNC(=O)N[C@H](C(=O)O)c1ccccc1)C(N)=O. The van der Waals surface area contributed by atoms with Crippen molar-refractivity contribution in [2.24, 2.45) is 11.1 Å². The van der Waals surface area contributed by atoms with Gasteiger partial charge in [0.25, 0.3) is 0 Å². The smallest absolute Gasteiger partial charge is 0.330 e. The summed E-state index contributed by atoms with van der Waals surface area (Å²) in [6.45, 7) is 3.18. The lowest BCUT2D eigenvalue weighted by Crippen LogP contribution is -2.47. The number of amides is 3. The number of carbonyl (C=O) groups excluding carboxylic acids is 2. The number of hydrogen-bond donors (Lipinski definition) is 4. The van der Waals surface area contributed by atoms with Gasteiger partial charge in [0.2, 0.25) is 5.91 Å². The molecule has 3 amide bonds. The molecule has 1 rings (SSSR count). The quantitative estimate of drug-likeness (QED) is 0.614. The molecular formula is C14H19N3O4. The first-order valence-corrected chi connectivity index (χ1v) is 6.36. The topological polar surface area (TPSA) is 122 Å². The number of hydrogen-bond acceptors (Lipinski definition) is 3. The lowest BCUT2D eigenvalue weighted by atomic mass is 9.93. The largest absolute Gasteiger partial charge is 0.479 e. The van der Waals surface area contributed by atoms with Crippen LogP contribution < -0.4 is 16.4 Å². The standard InChI is InChI=1S/C14H19N3O4/c1-14(2,12(15)20)8-16-13(21)17-10(11(18)19)9-6-4-3-5-7-9/h3-7,10H,8H2,1-2H3,(H2,15,20)(H,18,19)(H2,16,17,21)/t10-/m0/s1. The van der Waals surface area contributed by atoms with Gasteiger partial charge in [-0.3, -0.25) is 4.79 Å². The van der Waals surface area contributed by atoms with Crippen LogP contribution in [0.1, 0.15) is 25.5 Å². The van der Waals surface area contributed by atoms with E-state index in [0.29, 0.717) is 5.56 Å². The highest BCUT2D eigenvalue weighted by atomic mass is 16.4. The first kappa shape index (κ1) is 16.5. The van der Waals surface area contributed by atoms with E-state index in [0.717, 1.165) is 0 Å². The zero-order chi connectivity index (χ0) is 16.0. The lowest BCUT2D eigenvalue weighted by molar-refractivity contribution is -0.139. The van der Waals surface area contributed by atoms with Gasteiger partial charge in [0.15, 0.2) is 6.04 Å². The minimum atomic E-state index is -1.18. The highest BCUT2D eigenvalue weighted by Crippen LogP contribution is 2.14. The molecule has 0 aliphatic rings. The number of nitrogens with one attached hydrogen (secondary N) is 2. The van der Waals surface area contributed by atoms with E-state index >= 15 is 0 Å². The van der Waals surface area contributed by atoms with Crippen molar-refractivity contribution >= 4 is 17.9 Å². The van der Waals surface area contributed by atoms with Crippen molar-refractivity contribution in [3.05, 3.63) is 35.9 Å². The van der Waals surface area contributed by atoms with Gasteiger partial charge < -0.3 is 21.5 Å². The van der Waals surface area contributed by atoms with Crippen LogP contribution in [0.5, 0.6) is 0 Å². The van der Waals surface area contributed by atoms with Crippen molar-refractivity contribution in [3.8, 4) is 0 Å². The summed E-state index contributed by atoms with van der Waals surface area (Å²) in [5.41, 5.74) is 4.73. The van der Waals surface area contributed by atoms with Crippen molar-refractivity contribution in [2.45, 2.75) is 19.9 Å². The van der Waals surface area contributed by atoms with E-state index in [1.807, 2.05) is 0 Å². The van der Waals surface area contributed by atoms with E-state index in [4.69, 9.17) is 5.73 Å². The third kappa shape index (κ3) is 4.79. The molecule has 1 atom stereocenters. The molecule has 0 aliphatic heterocycles. The number of carbonyl (C=O) groups is 3. The second kappa shape index (κ2) is 6.74. The molecule has 0 bridgehead atoms. The molecule has 0 saturated heterocycles. The van der Waals surface area contributed by atoms with Crippen molar-refractivity contribution in [1.29, 1.82) is 0 Å². The van der Waals surface area contributed by atoms with Crippen LogP contribution in [-0.4, -0.2) is 29.6 Å². The van der Waals surface area contributed by atoms with E-state index in [1.165, 1.54) is 0 Å². The van der Waals surface area contributed by atoms with Crippen LogP contribution in [0.4, 0.5) is 4.79 Å². The maximum Gasteiger partial charge on any atom is 0.330 e. The number of nitrogens with two attached hydrogens (primary N) is 1. The van der Waals surface area contributed by atoms with Crippen LogP contribution in [0.25, 0.3) is 0 Å². The average Bonchev–Trinajstić information content (AvgIpc) is 2.43. The summed E-state index contributed by atoms with van der Waals surface area (Å²) in [6, 6.07) is 6.47. The van der Waals surface area contributed by atoms with Crippen molar-refractivity contribution in [2.75, 3.05) is 6.54 Å². The second-order valence-electron chi connectivity index (χ2n) is 5.26. The Morgan fingerprint density at radius 1 is 1.24 bits per heavy atom. The molecule has 0 aromatic heterocycles. The fraction of sp³-hybridized carbons (Fsp3) is 0.357. The third-order valence-corrected chi connectivity index (χ3v) is 3.01. The van der Waals surface area contributed by atoms with Gasteiger partial charge >= 0.3 is 12.0 Å². The second-order valence-corrected chi connectivity index (χ2v) is 5.26. The van der Waals surface area contributed by atoms with Gasteiger partial charge in [-0.25, -0.2) is 9.59 Å². The highest BCUT2D eigenvalue weighted by molar-refractivity contribution is 5.84. The minimum absolute atomic E-state index is 0.00922. The summed E-state index contributed by atoms with van der Waals surface area (Å²) in [4.78, 5) is 34.1. The van der Waals surface area contributed by atoms with E-state index in [9.17, 15) is 19.5 Å². The van der Waals surface area contributed by atoms with Crippen LogP contribution in [0, 0.1) is 5.41 Å². The summed E-state index contributed by atoms with van der Waals surface area (Å²) < 4.78 is 0. The molecule has 5 N–H and O–H groups in total. The number of benzene rings is 1. The number of aliphatic carboxylic acids is 1. The van der Waals surface area contributed by atoms with E-state index in [-0.39, 0.29) is 6.54 Å². The Morgan fingerprint density at radius 2 is 1.81 bits per heavy atom. The predicted octanol–water partition coefficient (Wildman–Crippen LogP) is 0.623. The molecule has 0 fully saturated rings. The zero-order valence-electron chi connectivity index (χ0n) is 11.9. The van der Waals surface area contributed by atoms with Gasteiger partial charge in [0, 0.05) is 6.54 Å². The number of urea groups is 1. The molecule has 0 radical (unpaired) electrons. The Kier molecular flexibility index (Phi) is 5.29. The molecule has 0 unspecified atom stereocenters. The van der Waals surface area contributed by atoms with Crippen LogP contribution in [-0.2, 0) is 9.59 Å². The minimum Gasteiger partial charge on any atom is -0.479 e. The summed E-state index contributed by atoms with van der Waals surface area (Å²) >= 11 is 0. The molecular weight excluding hydrogens is 274 g/mol. The van der Waals surface area contributed by atoms with Gasteiger partial charge in [0.1, 0.15) is 0 Å². The molecule has 114 valence electrons. The Morgan fingerprint density at radius 3 is 2.29 bits per heavy atom. The third-order valence-electron chi connectivity index (χ3n) is 3.01. The highest BCUT2D eigenvalue weighted by Gasteiger charge is 2.27. The Balaban J connectivity index is 2.67. The number of rotatable bonds is 6. The Labute approximate surface area is 122 Å². The number of primary amides is 1. The van der Waals surface area contributed by atoms with Crippen LogP contribution in [0.2, 0.25) is 0 Å². The Bertz CT molecular complexity index is 528. The van der Waals surface area contributed by atoms with Gasteiger partial charge in [0.05, 0.1) is 5.41 Å². The molecule has 7 nitrogen and oxygen atoms in total. The molecule has 21 heavy (non-hydrogen) atoms. The van der Waals surface area contributed by atoms with Crippen molar-refractivity contribution in [3.63, 3.8) is 0 Å². The molecule has 0 aliphatic carbocycles. The van der Waals surface area contributed by atoms with E-state index in [2.05, 4.69) is 10.6 Å². The van der Waals surface area contributed by atoms with Crippen LogP contribution in [0.3, 0.4) is 0 Å². The normalized spacial score (nSPS) is 12.3. The summed E-state index contributed by atoms with van der Waals surface area (Å²) in [6.07, 6.45) is 0. The molecule has 0 heterocycles. The monoisotopic (exact) mass is 293 g/mol. The van der Waals surface area contributed by atoms with Gasteiger partial charge in [-0.2, -0.15) is 0 Å². The molecule has 0 spiro atoms. The predicted molar refractivity (Wildman–Crippen MR) is 76.3 cm³/mol. The zero-order valence-corrected chi connectivity index (χ0v) is 11.9. The molecule has 0 saturated carbocycles. The van der Waals surface area contributed by atoms with Gasteiger partial charge in [-0.1, -0.05) is 30.3 Å². The first-order valence-electron chi connectivity index (χ1n) is 6.36. The number of carboxylic acids is 1. The molecule has 1 aromatic carbocycles. The van der Waals surface area contributed by atoms with Crippen LogP contribution in [0.15, 0.2) is 30.3 Å². The van der Waals surface area contributed by atoms with Crippen molar-refractivity contribution in [1.82, 2.24) is 10.6 Å². The van der Waals surface area contributed by atoms with E-state index in [1.54, 1.807) is 44.2 Å². The van der Waals surface area contributed by atoms with E-state index < -0.39 is 29.4 Å². The van der Waals surface area contributed by atoms with Crippen LogP contribution >= 0.6 is 0 Å². The molecule has 7 heteroatoms. The first-order chi connectivity index (χ1) is 9.74. The maximum absolute atomic E-state index is 11.8. The number of carboxylic acid groups (broad SMARTS) is 1. The lowest BCUT2D eigenvalue weighted by Gasteiger charge is -2.22. The van der Waals surface area contributed by atoms with Crippen molar-refractivity contribution < 1.29 is 19.5 Å². The average molecular weight is 293 g/mol. The summed E-state index contributed by atoms with van der Waals surface area (Å²) in [5.74, 6) is -1.73. The fourth-order valence-electron chi connectivity index (χ4n) is 1.50. The van der Waals surface area contributed by atoms with Gasteiger partial charge in [-0.05, 0) is 19.4 Å². The Hall–Kier alpha value is -2.57. The summed E-state index contributed by atoms with van der Waals surface area (Å²) in [5, 5.41) is 14.0. The molecule has 1 aromatic rings. The van der Waals surface area contributed by atoms with Gasteiger partial charge in [-0.15, -0.1) is 0 Å². The fourth-order valence-corrected chi connectivity index (χ4v) is 1.50. The summed E-state index contributed by atoms with van der Waals surface area (Å²) in [7, 11) is 0.